The molecule has 2 aromatic heterocycles. The molecule has 9 nitrogen and oxygen atoms in total. The minimum atomic E-state index is -0.587. The van der Waals surface area contributed by atoms with Crippen LogP contribution in [0.5, 0.6) is 0 Å². The van der Waals surface area contributed by atoms with E-state index in [1.54, 1.807) is 24.1 Å². The van der Waals surface area contributed by atoms with E-state index in [4.69, 9.17) is 20.0 Å². The van der Waals surface area contributed by atoms with E-state index < -0.39 is 11.4 Å². The van der Waals surface area contributed by atoms with Gasteiger partial charge in [-0.2, -0.15) is 4.98 Å². The maximum absolute atomic E-state index is 12.2. The predicted octanol–water partition coefficient (Wildman–Crippen LogP) is 1.77. The third-order valence-corrected chi connectivity index (χ3v) is 6.42. The van der Waals surface area contributed by atoms with Gasteiger partial charge in [-0.1, -0.05) is 16.9 Å². The van der Waals surface area contributed by atoms with E-state index in [1.807, 2.05) is 0 Å². The fraction of sp³-hybridized carbons (Fsp3) is 0.533. The highest BCUT2D eigenvalue weighted by molar-refractivity contribution is 8.13. The van der Waals surface area contributed by atoms with Crippen molar-refractivity contribution in [3.05, 3.63) is 22.1 Å². The number of carbonyl (C=O) groups is 1. The quantitative estimate of drug-likeness (QED) is 0.806. The molecule has 1 fully saturated rings. The highest BCUT2D eigenvalue weighted by Crippen LogP contribution is 2.46. The molecule has 0 unspecified atom stereocenters. The second-order valence-corrected chi connectivity index (χ2v) is 8.28. The number of rotatable bonds is 3. The van der Waals surface area contributed by atoms with Crippen molar-refractivity contribution in [2.75, 3.05) is 17.7 Å². The average Bonchev–Trinajstić information content (AvgIpc) is 3.24. The maximum Gasteiger partial charge on any atom is 0.316 e. The summed E-state index contributed by atoms with van der Waals surface area (Å²) in [7, 11) is 0. The molecule has 3 atom stereocenters. The van der Waals surface area contributed by atoms with Crippen LogP contribution in [0.3, 0.4) is 0 Å². The molecule has 0 saturated carbocycles. The molecule has 2 aliphatic rings. The van der Waals surface area contributed by atoms with Crippen LogP contribution in [0.1, 0.15) is 34.9 Å². The van der Waals surface area contributed by atoms with Crippen LogP contribution < -0.4 is 11.1 Å². The Bertz CT molecular complexity index is 865. The van der Waals surface area contributed by atoms with Gasteiger partial charge in [-0.25, -0.2) is 9.98 Å². The van der Waals surface area contributed by atoms with Gasteiger partial charge in [0.2, 0.25) is 0 Å². The number of fused-ring (bicyclic) bond motifs is 1. The first-order valence-electron chi connectivity index (χ1n) is 8.13. The zero-order chi connectivity index (χ0) is 18.3. The van der Waals surface area contributed by atoms with E-state index in [2.05, 4.69) is 27.4 Å². The second kappa shape index (κ2) is 6.63. The van der Waals surface area contributed by atoms with Gasteiger partial charge in [0.05, 0.1) is 12.7 Å². The molecular weight excluding hydrogens is 376 g/mol. The molecule has 0 bridgehead atoms. The van der Waals surface area contributed by atoms with Crippen molar-refractivity contribution in [2.24, 2.45) is 16.6 Å². The first-order chi connectivity index (χ1) is 12.5. The number of amides is 1. The number of carbonyl (C=O) groups excluding carboxylic acids is 1. The van der Waals surface area contributed by atoms with Crippen LogP contribution in [0.2, 0.25) is 0 Å². The van der Waals surface area contributed by atoms with Gasteiger partial charge < -0.3 is 20.3 Å². The lowest BCUT2D eigenvalue weighted by Gasteiger charge is -2.44. The molecule has 1 saturated heterocycles. The molecule has 0 spiro atoms. The summed E-state index contributed by atoms with van der Waals surface area (Å²) in [5.41, 5.74) is 5.41. The van der Waals surface area contributed by atoms with Crippen molar-refractivity contribution in [2.45, 2.75) is 31.9 Å². The van der Waals surface area contributed by atoms with Crippen LogP contribution in [0, 0.1) is 12.8 Å². The highest BCUT2D eigenvalue weighted by atomic mass is 32.2. The standard InChI is InChI=1S/C15H18N6O3S2/c1-7-3-9-4-26-14(16)20-15(9,6-23-7)13-19-10(5-25-13)18-11(22)12-17-8(2)21-24-12/h5,7,9H,3-4,6H2,1-2H3,(H2,16,20)(H,18,22)/t7-,9-,15-/m0/s1. The van der Waals surface area contributed by atoms with Crippen molar-refractivity contribution in [3.63, 3.8) is 0 Å². The molecule has 2 aromatic rings. The molecule has 4 heterocycles. The molecule has 3 N–H and O–H groups in total. The molecule has 26 heavy (non-hydrogen) atoms. The molecule has 1 amide bonds. The predicted molar refractivity (Wildman–Crippen MR) is 98.4 cm³/mol. The van der Waals surface area contributed by atoms with Crippen LogP contribution in [0.25, 0.3) is 0 Å². The van der Waals surface area contributed by atoms with Crippen molar-refractivity contribution >= 4 is 40.0 Å². The second-order valence-electron chi connectivity index (χ2n) is 6.38. The molecule has 11 heteroatoms. The Kier molecular flexibility index (Phi) is 4.45. The summed E-state index contributed by atoms with van der Waals surface area (Å²) < 4.78 is 10.8. The monoisotopic (exact) mass is 394 g/mol. The summed E-state index contributed by atoms with van der Waals surface area (Å²) in [6, 6.07) is 0. The topological polar surface area (TPSA) is 129 Å². The van der Waals surface area contributed by atoms with E-state index in [1.165, 1.54) is 11.3 Å². The van der Waals surface area contributed by atoms with Crippen LogP contribution in [0.15, 0.2) is 14.9 Å². The summed E-state index contributed by atoms with van der Waals surface area (Å²) in [6.07, 6.45) is 1.08. The van der Waals surface area contributed by atoms with E-state index in [9.17, 15) is 4.79 Å². The minimum Gasteiger partial charge on any atom is -0.379 e. The normalized spacial score (nSPS) is 28.3. The fourth-order valence-electron chi connectivity index (χ4n) is 3.17. The number of aliphatic imine (C=N–C) groups is 1. The number of nitrogens with one attached hydrogen (secondary N) is 1. The first kappa shape index (κ1) is 17.4. The molecule has 138 valence electrons. The Morgan fingerprint density at radius 2 is 2.31 bits per heavy atom. The number of nitrogens with two attached hydrogens (primary N) is 1. The number of aromatic nitrogens is 3. The van der Waals surface area contributed by atoms with E-state index in [0.717, 1.165) is 17.2 Å². The van der Waals surface area contributed by atoms with Gasteiger partial charge >= 0.3 is 11.8 Å². The van der Waals surface area contributed by atoms with Crippen molar-refractivity contribution in [3.8, 4) is 0 Å². The molecule has 0 aliphatic carbocycles. The Morgan fingerprint density at radius 3 is 3.08 bits per heavy atom. The number of anilines is 1. The third-order valence-electron chi connectivity index (χ3n) is 4.46. The van der Waals surface area contributed by atoms with E-state index in [-0.39, 0.29) is 17.9 Å². The Balaban J connectivity index is 1.59. The van der Waals surface area contributed by atoms with Crippen LogP contribution in [-0.4, -0.2) is 44.7 Å². The van der Waals surface area contributed by atoms with Crippen LogP contribution in [0.4, 0.5) is 5.82 Å². The molecule has 0 aromatic carbocycles. The van der Waals surface area contributed by atoms with Gasteiger partial charge in [-0.3, -0.25) is 4.79 Å². The van der Waals surface area contributed by atoms with Gasteiger partial charge in [0, 0.05) is 17.1 Å². The number of amidine groups is 1. The van der Waals surface area contributed by atoms with Gasteiger partial charge in [-0.15, -0.1) is 11.3 Å². The summed E-state index contributed by atoms with van der Waals surface area (Å²) in [5.74, 6) is 1.40. The SMILES string of the molecule is Cc1noc(C(=O)Nc2csc([C@]34CO[C@@H](C)C[C@H]3CSC(N)=N4)n2)n1. The summed E-state index contributed by atoms with van der Waals surface area (Å²) >= 11 is 3.00. The van der Waals surface area contributed by atoms with Crippen molar-refractivity contribution in [1.82, 2.24) is 15.1 Å². The first-order valence-corrected chi connectivity index (χ1v) is 10.00. The number of thiazole rings is 1. The molecule has 4 rings (SSSR count). The number of thioether (sulfide) groups is 1. The maximum atomic E-state index is 12.2. The van der Waals surface area contributed by atoms with Crippen molar-refractivity contribution < 1.29 is 14.1 Å². The zero-order valence-corrected chi connectivity index (χ0v) is 15.9. The summed E-state index contributed by atoms with van der Waals surface area (Å²) in [6.45, 7) is 4.15. The number of ether oxygens (including phenoxy) is 1. The summed E-state index contributed by atoms with van der Waals surface area (Å²) in [5, 5.41) is 9.39. The summed E-state index contributed by atoms with van der Waals surface area (Å²) in [4.78, 5) is 25.4. The molecule has 0 radical (unpaired) electrons. The molecular formula is C15H18N6O3S2. The Labute approximate surface area is 157 Å². The van der Waals surface area contributed by atoms with E-state index >= 15 is 0 Å². The minimum absolute atomic E-state index is 0.0979. The smallest absolute Gasteiger partial charge is 0.316 e. The lowest BCUT2D eigenvalue weighted by Crippen LogP contribution is -2.49. The van der Waals surface area contributed by atoms with Gasteiger partial charge in [0.25, 0.3) is 0 Å². The van der Waals surface area contributed by atoms with E-state index in [0.29, 0.717) is 23.4 Å². The Hall–Kier alpha value is -1.98. The lowest BCUT2D eigenvalue weighted by molar-refractivity contribution is -0.0466. The largest absolute Gasteiger partial charge is 0.379 e. The average molecular weight is 394 g/mol. The third kappa shape index (κ3) is 3.10. The van der Waals surface area contributed by atoms with Crippen LogP contribution >= 0.6 is 23.1 Å². The number of aryl methyl sites for hydroxylation is 1. The number of nitrogens with zero attached hydrogens (tertiary/aromatic N) is 4. The van der Waals surface area contributed by atoms with Crippen molar-refractivity contribution in [1.29, 1.82) is 0 Å². The fourth-order valence-corrected chi connectivity index (χ4v) is 5.14. The van der Waals surface area contributed by atoms with Gasteiger partial charge in [0.1, 0.15) is 16.4 Å². The zero-order valence-electron chi connectivity index (χ0n) is 14.3. The van der Waals surface area contributed by atoms with Crippen LogP contribution in [-0.2, 0) is 10.3 Å². The Morgan fingerprint density at radius 1 is 1.46 bits per heavy atom. The number of hydrogen-bond donors (Lipinski definition) is 2. The number of hydrogen-bond acceptors (Lipinski definition) is 10. The highest BCUT2D eigenvalue weighted by Gasteiger charge is 2.49. The van der Waals surface area contributed by atoms with Gasteiger partial charge in [0.15, 0.2) is 11.0 Å². The lowest BCUT2D eigenvalue weighted by atomic mass is 9.80. The van der Waals surface area contributed by atoms with Gasteiger partial charge in [-0.05, 0) is 20.3 Å². The molecule has 2 aliphatic heterocycles.